The van der Waals surface area contributed by atoms with Crippen LogP contribution in [0.4, 0.5) is 5.69 Å². The van der Waals surface area contributed by atoms with E-state index in [-0.39, 0.29) is 23.2 Å². The van der Waals surface area contributed by atoms with Crippen LogP contribution in [0.1, 0.15) is 28.8 Å². The average Bonchev–Trinajstić information content (AvgIpc) is 2.37. The zero-order valence-corrected chi connectivity index (χ0v) is 10.8. The van der Waals surface area contributed by atoms with Crippen molar-refractivity contribution < 1.29 is 9.72 Å². The number of nitrogens with zero attached hydrogens (tertiary/aromatic N) is 2. The highest BCUT2D eigenvalue weighted by Crippen LogP contribution is 2.24. The number of benzene rings is 1. The normalized spacial score (nSPS) is 19.3. The molecule has 19 heavy (non-hydrogen) atoms. The molecule has 1 aromatic rings. The van der Waals surface area contributed by atoms with E-state index in [4.69, 9.17) is 5.73 Å². The van der Waals surface area contributed by atoms with Gasteiger partial charge in [-0.2, -0.15) is 0 Å². The summed E-state index contributed by atoms with van der Waals surface area (Å²) in [5.41, 5.74) is 6.52. The predicted octanol–water partition coefficient (Wildman–Crippen LogP) is 1.47. The van der Waals surface area contributed by atoms with Crippen LogP contribution in [0.15, 0.2) is 18.2 Å². The van der Waals surface area contributed by atoms with E-state index < -0.39 is 4.92 Å². The van der Waals surface area contributed by atoms with E-state index in [0.29, 0.717) is 18.7 Å². The van der Waals surface area contributed by atoms with Crippen LogP contribution >= 0.6 is 0 Å². The number of hydrogen-bond acceptors (Lipinski definition) is 4. The number of nitro groups is 1. The summed E-state index contributed by atoms with van der Waals surface area (Å²) in [4.78, 5) is 24.6. The van der Waals surface area contributed by atoms with Gasteiger partial charge in [-0.1, -0.05) is 12.1 Å². The van der Waals surface area contributed by atoms with Gasteiger partial charge in [-0.25, -0.2) is 0 Å². The maximum absolute atomic E-state index is 12.5. The Hall–Kier alpha value is -1.95. The second-order valence-corrected chi connectivity index (χ2v) is 4.88. The third-order valence-electron chi connectivity index (χ3n) is 3.41. The Kier molecular flexibility index (Phi) is 3.80. The summed E-state index contributed by atoms with van der Waals surface area (Å²) in [5, 5.41) is 11.0. The van der Waals surface area contributed by atoms with Gasteiger partial charge >= 0.3 is 0 Å². The minimum atomic E-state index is -0.510. The molecular formula is C13H17N3O3. The monoisotopic (exact) mass is 263 g/mol. The number of aryl methyl sites for hydroxylation is 1. The van der Waals surface area contributed by atoms with Crippen molar-refractivity contribution in [1.82, 2.24) is 4.90 Å². The van der Waals surface area contributed by atoms with Crippen LogP contribution in [0.3, 0.4) is 0 Å². The lowest BCUT2D eigenvalue weighted by atomic mass is 10.0. The number of carbonyl (C=O) groups is 1. The van der Waals surface area contributed by atoms with Crippen molar-refractivity contribution in [2.75, 3.05) is 13.1 Å². The summed E-state index contributed by atoms with van der Waals surface area (Å²) >= 11 is 0. The fourth-order valence-corrected chi connectivity index (χ4v) is 2.44. The van der Waals surface area contributed by atoms with Crippen LogP contribution in [0.25, 0.3) is 0 Å². The molecule has 1 aliphatic rings. The molecule has 1 saturated heterocycles. The molecule has 6 nitrogen and oxygen atoms in total. The summed E-state index contributed by atoms with van der Waals surface area (Å²) in [6.45, 7) is 2.78. The fraction of sp³-hybridized carbons (Fsp3) is 0.462. The summed E-state index contributed by atoms with van der Waals surface area (Å²) in [5.74, 6) is -0.292. The standard InChI is InChI=1S/C13H17N3O3/c1-9-4-2-6-11(16(18)19)12(9)13(17)15-7-3-5-10(14)8-15/h2,4,6,10H,3,5,7-8,14H2,1H3. The maximum Gasteiger partial charge on any atom is 0.282 e. The van der Waals surface area contributed by atoms with E-state index in [1.165, 1.54) is 6.07 Å². The highest BCUT2D eigenvalue weighted by Gasteiger charge is 2.28. The zero-order valence-electron chi connectivity index (χ0n) is 10.8. The number of hydrogen-bond donors (Lipinski definition) is 1. The summed E-state index contributed by atoms with van der Waals surface area (Å²) in [7, 11) is 0. The minimum Gasteiger partial charge on any atom is -0.337 e. The fourth-order valence-electron chi connectivity index (χ4n) is 2.44. The van der Waals surface area contributed by atoms with Crippen LogP contribution in [0.5, 0.6) is 0 Å². The lowest BCUT2D eigenvalue weighted by Gasteiger charge is -2.31. The summed E-state index contributed by atoms with van der Waals surface area (Å²) in [6, 6.07) is 4.63. The molecular weight excluding hydrogens is 246 g/mol. The van der Waals surface area contributed by atoms with Gasteiger partial charge in [0.25, 0.3) is 11.6 Å². The minimum absolute atomic E-state index is 0.0409. The van der Waals surface area contributed by atoms with Crippen molar-refractivity contribution in [3.05, 3.63) is 39.4 Å². The van der Waals surface area contributed by atoms with Crippen molar-refractivity contribution in [3.8, 4) is 0 Å². The summed E-state index contributed by atoms with van der Waals surface area (Å²) < 4.78 is 0. The molecule has 1 aliphatic heterocycles. The highest BCUT2D eigenvalue weighted by molar-refractivity contribution is 5.99. The molecule has 102 valence electrons. The first-order chi connectivity index (χ1) is 9.00. The van der Waals surface area contributed by atoms with Gasteiger partial charge in [-0.15, -0.1) is 0 Å². The van der Waals surface area contributed by atoms with Crippen LogP contribution in [-0.2, 0) is 0 Å². The molecule has 0 spiro atoms. The molecule has 0 aromatic heterocycles. The zero-order chi connectivity index (χ0) is 14.0. The number of nitro benzene ring substituents is 1. The van der Waals surface area contributed by atoms with E-state index in [1.807, 2.05) is 0 Å². The third kappa shape index (κ3) is 2.73. The molecule has 0 aliphatic carbocycles. The number of rotatable bonds is 2. The van der Waals surface area contributed by atoms with E-state index in [1.54, 1.807) is 24.0 Å². The van der Waals surface area contributed by atoms with E-state index >= 15 is 0 Å². The highest BCUT2D eigenvalue weighted by atomic mass is 16.6. The molecule has 1 heterocycles. The second kappa shape index (κ2) is 5.36. The Balaban J connectivity index is 2.35. The quantitative estimate of drug-likeness (QED) is 0.646. The molecule has 1 fully saturated rings. The molecule has 1 unspecified atom stereocenters. The van der Waals surface area contributed by atoms with Crippen molar-refractivity contribution in [1.29, 1.82) is 0 Å². The van der Waals surface area contributed by atoms with Crippen molar-refractivity contribution >= 4 is 11.6 Å². The van der Waals surface area contributed by atoms with Gasteiger partial charge in [-0.3, -0.25) is 14.9 Å². The molecule has 0 saturated carbocycles. The Morgan fingerprint density at radius 3 is 2.89 bits per heavy atom. The van der Waals surface area contributed by atoms with Gasteiger partial charge in [0.15, 0.2) is 0 Å². The number of piperidine rings is 1. The largest absolute Gasteiger partial charge is 0.337 e. The van der Waals surface area contributed by atoms with Gasteiger partial charge in [0.1, 0.15) is 5.56 Å². The van der Waals surface area contributed by atoms with Crippen LogP contribution < -0.4 is 5.73 Å². The number of carbonyl (C=O) groups excluding carboxylic acids is 1. The second-order valence-electron chi connectivity index (χ2n) is 4.88. The van der Waals surface area contributed by atoms with Gasteiger partial charge in [0.05, 0.1) is 4.92 Å². The SMILES string of the molecule is Cc1cccc([N+](=O)[O-])c1C(=O)N1CCCC(N)C1. The van der Waals surface area contributed by atoms with Gasteiger partial charge in [0, 0.05) is 25.2 Å². The molecule has 6 heteroatoms. The number of nitrogens with two attached hydrogens (primary N) is 1. The van der Waals surface area contributed by atoms with Crippen LogP contribution in [0, 0.1) is 17.0 Å². The van der Waals surface area contributed by atoms with E-state index in [2.05, 4.69) is 0 Å². The Bertz CT molecular complexity index is 516. The Morgan fingerprint density at radius 1 is 1.53 bits per heavy atom. The average molecular weight is 263 g/mol. The lowest BCUT2D eigenvalue weighted by molar-refractivity contribution is -0.385. The third-order valence-corrected chi connectivity index (χ3v) is 3.41. The van der Waals surface area contributed by atoms with Gasteiger partial charge in [-0.05, 0) is 25.3 Å². The van der Waals surface area contributed by atoms with Gasteiger partial charge < -0.3 is 10.6 Å². The van der Waals surface area contributed by atoms with Crippen molar-refractivity contribution in [2.24, 2.45) is 5.73 Å². The van der Waals surface area contributed by atoms with E-state index in [0.717, 1.165) is 12.8 Å². The predicted molar refractivity (Wildman–Crippen MR) is 70.9 cm³/mol. The van der Waals surface area contributed by atoms with Crippen molar-refractivity contribution in [2.45, 2.75) is 25.8 Å². The number of amides is 1. The first-order valence-electron chi connectivity index (χ1n) is 6.29. The van der Waals surface area contributed by atoms with Crippen LogP contribution in [-0.4, -0.2) is 34.9 Å². The Morgan fingerprint density at radius 2 is 2.26 bits per heavy atom. The van der Waals surface area contributed by atoms with Gasteiger partial charge in [0.2, 0.25) is 0 Å². The van der Waals surface area contributed by atoms with E-state index in [9.17, 15) is 14.9 Å². The lowest BCUT2D eigenvalue weighted by Crippen LogP contribution is -2.46. The molecule has 1 atom stereocenters. The molecule has 2 N–H and O–H groups in total. The first kappa shape index (κ1) is 13.5. The molecule has 0 radical (unpaired) electrons. The Labute approximate surface area is 111 Å². The smallest absolute Gasteiger partial charge is 0.282 e. The van der Waals surface area contributed by atoms with Crippen LogP contribution in [0.2, 0.25) is 0 Å². The molecule has 0 bridgehead atoms. The topological polar surface area (TPSA) is 89.5 Å². The number of likely N-dealkylation sites (tertiary alicyclic amines) is 1. The summed E-state index contributed by atoms with van der Waals surface area (Å²) in [6.07, 6.45) is 1.73. The molecule has 1 amide bonds. The van der Waals surface area contributed by atoms with Crippen molar-refractivity contribution in [3.63, 3.8) is 0 Å². The molecule has 2 rings (SSSR count). The molecule has 1 aromatic carbocycles. The first-order valence-corrected chi connectivity index (χ1v) is 6.29. The maximum atomic E-state index is 12.5.